The maximum Gasteiger partial charge on any atom is 0.185 e. The van der Waals surface area contributed by atoms with Crippen LogP contribution in [0.1, 0.15) is 29.8 Å². The van der Waals surface area contributed by atoms with Crippen LogP contribution >= 0.6 is 0 Å². The third kappa shape index (κ3) is 4.62. The van der Waals surface area contributed by atoms with Gasteiger partial charge in [-0.2, -0.15) is 0 Å². The topological polar surface area (TPSA) is 44.8 Å². The van der Waals surface area contributed by atoms with Crippen LogP contribution in [-0.2, 0) is 0 Å². The van der Waals surface area contributed by atoms with E-state index < -0.39 is 0 Å². The summed E-state index contributed by atoms with van der Waals surface area (Å²) < 4.78 is 16.2. The molecular weight excluding hydrogens is 304 g/mol. The standard InChI is InChI=1S/C20H22O4/c1-4-23-18-11-13-20(24-5-2)16(14-18)8-12-19(21)15-6-9-17(22-3)10-7-15/h6-14H,4-5H2,1-3H3. The van der Waals surface area contributed by atoms with E-state index in [2.05, 4.69) is 0 Å². The van der Waals surface area contributed by atoms with Gasteiger partial charge in [-0.05, 0) is 68.5 Å². The monoisotopic (exact) mass is 326 g/mol. The molecule has 4 nitrogen and oxygen atoms in total. The number of allylic oxidation sites excluding steroid dienone is 1. The molecule has 0 N–H and O–H groups in total. The fourth-order valence-corrected chi connectivity index (χ4v) is 2.22. The van der Waals surface area contributed by atoms with Gasteiger partial charge < -0.3 is 14.2 Å². The number of ether oxygens (including phenoxy) is 3. The molecule has 0 amide bonds. The summed E-state index contributed by atoms with van der Waals surface area (Å²) in [4.78, 5) is 12.3. The van der Waals surface area contributed by atoms with Gasteiger partial charge in [0, 0.05) is 11.1 Å². The number of methoxy groups -OCH3 is 1. The summed E-state index contributed by atoms with van der Waals surface area (Å²) in [7, 11) is 1.59. The zero-order valence-corrected chi connectivity index (χ0v) is 14.2. The molecule has 2 aromatic carbocycles. The van der Waals surface area contributed by atoms with Gasteiger partial charge in [-0.3, -0.25) is 4.79 Å². The lowest BCUT2D eigenvalue weighted by Crippen LogP contribution is -1.97. The fourth-order valence-electron chi connectivity index (χ4n) is 2.22. The molecule has 0 spiro atoms. The molecule has 0 heterocycles. The van der Waals surface area contributed by atoms with Crippen LogP contribution in [0.5, 0.6) is 17.2 Å². The Morgan fingerprint density at radius 3 is 2.25 bits per heavy atom. The largest absolute Gasteiger partial charge is 0.497 e. The molecule has 0 saturated heterocycles. The van der Waals surface area contributed by atoms with Crippen molar-refractivity contribution in [1.82, 2.24) is 0 Å². The van der Waals surface area contributed by atoms with Gasteiger partial charge in [0.2, 0.25) is 0 Å². The number of rotatable bonds is 8. The number of hydrogen-bond acceptors (Lipinski definition) is 4. The number of carbonyl (C=O) groups excluding carboxylic acids is 1. The Morgan fingerprint density at radius 2 is 1.62 bits per heavy atom. The highest BCUT2D eigenvalue weighted by atomic mass is 16.5. The summed E-state index contributed by atoms with van der Waals surface area (Å²) in [6.45, 7) is 4.99. The predicted molar refractivity (Wildman–Crippen MR) is 95.1 cm³/mol. The van der Waals surface area contributed by atoms with E-state index in [4.69, 9.17) is 14.2 Å². The van der Waals surface area contributed by atoms with Crippen LogP contribution in [0, 0.1) is 0 Å². The third-order valence-electron chi connectivity index (χ3n) is 3.38. The first-order valence-corrected chi connectivity index (χ1v) is 7.94. The van der Waals surface area contributed by atoms with Gasteiger partial charge in [-0.1, -0.05) is 0 Å². The highest BCUT2D eigenvalue weighted by Crippen LogP contribution is 2.26. The van der Waals surface area contributed by atoms with Gasteiger partial charge in [0.25, 0.3) is 0 Å². The SMILES string of the molecule is CCOc1ccc(OCC)c(C=CC(=O)c2ccc(OC)cc2)c1. The second kappa shape index (κ2) is 8.77. The number of hydrogen-bond donors (Lipinski definition) is 0. The fraction of sp³-hybridized carbons (Fsp3) is 0.250. The molecule has 0 aliphatic heterocycles. The average molecular weight is 326 g/mol. The highest BCUT2D eigenvalue weighted by Gasteiger charge is 2.06. The molecule has 24 heavy (non-hydrogen) atoms. The first kappa shape index (κ1) is 17.6. The minimum atomic E-state index is -0.0816. The molecule has 0 fully saturated rings. The molecule has 0 aliphatic carbocycles. The van der Waals surface area contributed by atoms with E-state index in [9.17, 15) is 4.79 Å². The smallest absolute Gasteiger partial charge is 0.185 e. The van der Waals surface area contributed by atoms with Crippen molar-refractivity contribution in [3.05, 3.63) is 59.7 Å². The first-order chi connectivity index (χ1) is 11.7. The lowest BCUT2D eigenvalue weighted by Gasteiger charge is -2.10. The van der Waals surface area contributed by atoms with E-state index in [1.165, 1.54) is 6.08 Å². The summed E-state index contributed by atoms with van der Waals surface area (Å²) in [6.07, 6.45) is 3.29. The Bertz CT molecular complexity index is 702. The molecular formula is C20H22O4. The minimum Gasteiger partial charge on any atom is -0.497 e. The quantitative estimate of drug-likeness (QED) is 0.533. The molecule has 0 atom stereocenters. The summed E-state index contributed by atoms with van der Waals surface area (Å²) in [5.41, 5.74) is 1.41. The van der Waals surface area contributed by atoms with E-state index in [1.807, 2.05) is 32.0 Å². The van der Waals surface area contributed by atoms with Gasteiger partial charge in [-0.15, -0.1) is 0 Å². The Kier molecular flexibility index (Phi) is 6.43. The molecule has 0 unspecified atom stereocenters. The molecule has 126 valence electrons. The van der Waals surface area contributed by atoms with E-state index in [-0.39, 0.29) is 5.78 Å². The predicted octanol–water partition coefficient (Wildman–Crippen LogP) is 4.39. The van der Waals surface area contributed by atoms with Crippen molar-refractivity contribution in [3.8, 4) is 17.2 Å². The van der Waals surface area contributed by atoms with Crippen molar-refractivity contribution >= 4 is 11.9 Å². The van der Waals surface area contributed by atoms with E-state index in [0.29, 0.717) is 18.8 Å². The third-order valence-corrected chi connectivity index (χ3v) is 3.38. The lowest BCUT2D eigenvalue weighted by atomic mass is 10.1. The zero-order valence-electron chi connectivity index (χ0n) is 14.2. The number of ketones is 1. The van der Waals surface area contributed by atoms with E-state index in [0.717, 1.165) is 22.8 Å². The molecule has 0 aromatic heterocycles. The van der Waals surface area contributed by atoms with Crippen molar-refractivity contribution in [2.45, 2.75) is 13.8 Å². The van der Waals surface area contributed by atoms with Crippen LogP contribution in [0.15, 0.2) is 48.5 Å². The summed E-state index contributed by atoms with van der Waals surface area (Å²) in [6, 6.07) is 12.6. The molecule has 2 aromatic rings. The average Bonchev–Trinajstić information content (AvgIpc) is 2.62. The maximum atomic E-state index is 12.3. The van der Waals surface area contributed by atoms with Crippen molar-refractivity contribution in [3.63, 3.8) is 0 Å². The van der Waals surface area contributed by atoms with Crippen molar-refractivity contribution in [2.75, 3.05) is 20.3 Å². The van der Waals surface area contributed by atoms with Crippen molar-refractivity contribution in [2.24, 2.45) is 0 Å². The Balaban J connectivity index is 2.21. The van der Waals surface area contributed by atoms with Gasteiger partial charge in [-0.25, -0.2) is 0 Å². The molecule has 0 aliphatic rings. The molecule has 0 radical (unpaired) electrons. The number of benzene rings is 2. The highest BCUT2D eigenvalue weighted by molar-refractivity contribution is 6.07. The molecule has 4 heteroatoms. The Hall–Kier alpha value is -2.75. The number of carbonyl (C=O) groups is 1. The normalized spacial score (nSPS) is 10.6. The summed E-state index contributed by atoms with van der Waals surface area (Å²) in [5, 5.41) is 0. The van der Waals surface area contributed by atoms with Crippen molar-refractivity contribution in [1.29, 1.82) is 0 Å². The second-order valence-corrected chi connectivity index (χ2v) is 4.99. The van der Waals surface area contributed by atoms with Crippen LogP contribution in [0.2, 0.25) is 0 Å². The van der Waals surface area contributed by atoms with Crippen LogP contribution in [-0.4, -0.2) is 26.1 Å². The Morgan fingerprint density at radius 1 is 0.958 bits per heavy atom. The van der Waals surface area contributed by atoms with Gasteiger partial charge >= 0.3 is 0 Å². The second-order valence-electron chi connectivity index (χ2n) is 4.99. The zero-order chi connectivity index (χ0) is 17.4. The molecule has 0 saturated carbocycles. The maximum absolute atomic E-state index is 12.3. The summed E-state index contributed by atoms with van der Waals surface area (Å²) >= 11 is 0. The summed E-state index contributed by atoms with van der Waals surface area (Å²) in [5.74, 6) is 2.11. The van der Waals surface area contributed by atoms with Crippen LogP contribution in [0.25, 0.3) is 6.08 Å². The van der Waals surface area contributed by atoms with Crippen LogP contribution in [0.3, 0.4) is 0 Å². The van der Waals surface area contributed by atoms with E-state index >= 15 is 0 Å². The molecule has 0 bridgehead atoms. The van der Waals surface area contributed by atoms with Gasteiger partial charge in [0.15, 0.2) is 5.78 Å². The van der Waals surface area contributed by atoms with Gasteiger partial charge in [0.05, 0.1) is 20.3 Å². The first-order valence-electron chi connectivity index (χ1n) is 7.94. The van der Waals surface area contributed by atoms with Crippen molar-refractivity contribution < 1.29 is 19.0 Å². The van der Waals surface area contributed by atoms with Crippen LogP contribution < -0.4 is 14.2 Å². The Labute approximate surface area is 142 Å². The van der Waals surface area contributed by atoms with Crippen LogP contribution in [0.4, 0.5) is 0 Å². The minimum absolute atomic E-state index is 0.0816. The van der Waals surface area contributed by atoms with Gasteiger partial charge in [0.1, 0.15) is 17.2 Å². The van der Waals surface area contributed by atoms with E-state index in [1.54, 1.807) is 37.5 Å². The molecule has 2 rings (SSSR count). The lowest BCUT2D eigenvalue weighted by molar-refractivity contribution is 0.104.